The highest BCUT2D eigenvalue weighted by molar-refractivity contribution is 7.90. The van der Waals surface area contributed by atoms with E-state index in [9.17, 15) is 8.42 Å². The number of hydrogen-bond acceptors (Lipinski definition) is 4. The second-order valence-corrected chi connectivity index (χ2v) is 9.94. The molecule has 0 heterocycles. The van der Waals surface area contributed by atoms with Gasteiger partial charge >= 0.3 is 0 Å². The van der Waals surface area contributed by atoms with Crippen LogP contribution in [0.1, 0.15) is 57.1 Å². The predicted octanol–water partition coefficient (Wildman–Crippen LogP) is 4.00. The quantitative estimate of drug-likeness (QED) is 0.536. The molecule has 0 amide bonds. The molecule has 1 saturated carbocycles. The maximum atomic E-state index is 11.7. The third kappa shape index (κ3) is 6.47. The number of nitrogens with one attached hydrogen (secondary N) is 2. The van der Waals surface area contributed by atoms with Crippen molar-refractivity contribution in [2.45, 2.75) is 65.0 Å². The van der Waals surface area contributed by atoms with E-state index in [2.05, 4.69) is 36.0 Å². The zero-order valence-electron chi connectivity index (χ0n) is 16.6. The smallest absolute Gasteiger partial charge is 0.213 e. The lowest BCUT2D eigenvalue weighted by Gasteiger charge is -2.16. The third-order valence-electron chi connectivity index (χ3n) is 4.86. The molecule has 1 aromatic carbocycles. The summed E-state index contributed by atoms with van der Waals surface area (Å²) in [6.45, 7) is 9.82. The van der Waals surface area contributed by atoms with Crippen molar-refractivity contribution in [3.05, 3.63) is 23.3 Å². The maximum Gasteiger partial charge on any atom is 0.213 e. The van der Waals surface area contributed by atoms with E-state index in [1.165, 1.54) is 24.0 Å². The molecule has 0 aromatic heterocycles. The summed E-state index contributed by atoms with van der Waals surface area (Å²) in [4.78, 5) is 0. The number of sulfonamides is 1. The van der Waals surface area contributed by atoms with Gasteiger partial charge in [0.1, 0.15) is 5.75 Å². The van der Waals surface area contributed by atoms with E-state index in [-0.39, 0.29) is 5.25 Å². The number of ether oxygens (including phenoxy) is 1. The van der Waals surface area contributed by atoms with Gasteiger partial charge in [-0.25, -0.2) is 13.1 Å². The van der Waals surface area contributed by atoms with E-state index in [0.717, 1.165) is 49.8 Å². The average Bonchev–Trinajstić information content (AvgIpc) is 3.39. The topological polar surface area (TPSA) is 67.4 Å². The van der Waals surface area contributed by atoms with Crippen molar-refractivity contribution in [3.63, 3.8) is 0 Å². The minimum absolute atomic E-state index is 0.370. The lowest BCUT2D eigenvalue weighted by Crippen LogP contribution is -2.31. The van der Waals surface area contributed by atoms with Crippen molar-refractivity contribution < 1.29 is 13.2 Å². The first-order chi connectivity index (χ1) is 12.3. The Morgan fingerprint density at radius 2 is 1.81 bits per heavy atom. The molecule has 2 rings (SSSR count). The standard InChI is InChI=1S/C20H34N2O3S/c1-15(2)26(23,24)22-13-7-5-6-12-21-19-11-8-16(3)20(17(19)4)25-14-18-9-10-18/h8,11,15,18,21-22H,5-7,9-10,12-14H2,1-4H3. The molecule has 0 bridgehead atoms. The molecule has 26 heavy (non-hydrogen) atoms. The molecule has 0 spiro atoms. The summed E-state index contributed by atoms with van der Waals surface area (Å²) in [5, 5.41) is 3.12. The Morgan fingerprint density at radius 3 is 2.46 bits per heavy atom. The van der Waals surface area contributed by atoms with E-state index in [1.54, 1.807) is 13.8 Å². The fourth-order valence-corrected chi connectivity index (χ4v) is 3.52. The number of rotatable bonds is 12. The normalized spacial score (nSPS) is 14.7. The molecule has 1 aromatic rings. The highest BCUT2D eigenvalue weighted by atomic mass is 32.2. The summed E-state index contributed by atoms with van der Waals surface area (Å²) in [5.74, 6) is 1.77. The fourth-order valence-electron chi connectivity index (χ4n) is 2.76. The van der Waals surface area contributed by atoms with Gasteiger partial charge in [-0.15, -0.1) is 0 Å². The molecule has 0 unspecified atom stereocenters. The van der Waals surface area contributed by atoms with Gasteiger partial charge in [-0.2, -0.15) is 0 Å². The molecule has 1 aliphatic rings. The first kappa shape index (κ1) is 21.0. The maximum absolute atomic E-state index is 11.7. The van der Waals surface area contributed by atoms with Crippen LogP contribution in [0.15, 0.2) is 12.1 Å². The molecule has 6 heteroatoms. The van der Waals surface area contributed by atoms with Crippen LogP contribution in [0.4, 0.5) is 5.69 Å². The van der Waals surface area contributed by atoms with Gasteiger partial charge in [0.15, 0.2) is 0 Å². The number of hydrogen-bond donors (Lipinski definition) is 2. The van der Waals surface area contributed by atoms with Crippen LogP contribution in [0, 0.1) is 19.8 Å². The van der Waals surface area contributed by atoms with E-state index < -0.39 is 10.0 Å². The molecule has 5 nitrogen and oxygen atoms in total. The lowest BCUT2D eigenvalue weighted by atomic mass is 10.1. The Bertz CT molecular complexity index is 683. The fraction of sp³-hybridized carbons (Fsp3) is 0.700. The molecule has 0 aliphatic heterocycles. The van der Waals surface area contributed by atoms with Crippen molar-refractivity contribution in [3.8, 4) is 5.75 Å². The number of unbranched alkanes of at least 4 members (excludes halogenated alkanes) is 2. The van der Waals surface area contributed by atoms with Crippen LogP contribution in [0.3, 0.4) is 0 Å². The Hall–Kier alpha value is -1.27. The Morgan fingerprint density at radius 1 is 1.12 bits per heavy atom. The van der Waals surface area contributed by atoms with E-state index in [0.29, 0.717) is 6.54 Å². The van der Waals surface area contributed by atoms with Crippen molar-refractivity contribution in [1.82, 2.24) is 4.72 Å². The van der Waals surface area contributed by atoms with Crippen LogP contribution in [-0.2, 0) is 10.0 Å². The van der Waals surface area contributed by atoms with Crippen LogP contribution < -0.4 is 14.8 Å². The van der Waals surface area contributed by atoms with Crippen LogP contribution >= 0.6 is 0 Å². The highest BCUT2D eigenvalue weighted by Gasteiger charge is 2.22. The second-order valence-electron chi connectivity index (χ2n) is 7.61. The van der Waals surface area contributed by atoms with Gasteiger partial charge in [0.05, 0.1) is 11.9 Å². The summed E-state index contributed by atoms with van der Waals surface area (Å²) in [6, 6.07) is 4.23. The summed E-state index contributed by atoms with van der Waals surface area (Å²) >= 11 is 0. The monoisotopic (exact) mass is 382 g/mol. The van der Waals surface area contributed by atoms with Gasteiger partial charge in [0.2, 0.25) is 10.0 Å². The second kappa shape index (κ2) is 9.60. The van der Waals surface area contributed by atoms with Crippen molar-refractivity contribution in [1.29, 1.82) is 0 Å². The summed E-state index contributed by atoms with van der Waals surface area (Å²) in [7, 11) is -3.14. The molecule has 1 aliphatic carbocycles. The van der Waals surface area contributed by atoms with Crippen molar-refractivity contribution in [2.75, 3.05) is 25.0 Å². The van der Waals surface area contributed by atoms with Crippen LogP contribution in [0.5, 0.6) is 5.75 Å². The zero-order chi connectivity index (χ0) is 19.2. The van der Waals surface area contributed by atoms with Crippen molar-refractivity contribution in [2.24, 2.45) is 5.92 Å². The van der Waals surface area contributed by atoms with E-state index in [4.69, 9.17) is 4.74 Å². The van der Waals surface area contributed by atoms with E-state index in [1.807, 2.05) is 0 Å². The van der Waals surface area contributed by atoms with Gasteiger partial charge in [-0.05, 0) is 70.9 Å². The van der Waals surface area contributed by atoms with Crippen LogP contribution in [0.25, 0.3) is 0 Å². The number of benzene rings is 1. The number of aryl methyl sites for hydroxylation is 1. The average molecular weight is 383 g/mol. The minimum atomic E-state index is -3.14. The molecule has 148 valence electrons. The van der Waals surface area contributed by atoms with Gasteiger partial charge in [-0.1, -0.05) is 12.5 Å². The van der Waals surface area contributed by atoms with Gasteiger partial charge in [-0.3, -0.25) is 0 Å². The molecular weight excluding hydrogens is 348 g/mol. The molecular formula is C20H34N2O3S. The summed E-state index contributed by atoms with van der Waals surface area (Å²) in [5.41, 5.74) is 3.49. The SMILES string of the molecule is Cc1ccc(NCCCCCNS(=O)(=O)C(C)C)c(C)c1OCC1CC1. The Labute approximate surface area is 159 Å². The summed E-state index contributed by atoms with van der Waals surface area (Å²) < 4.78 is 32.0. The molecule has 0 saturated heterocycles. The zero-order valence-corrected chi connectivity index (χ0v) is 17.4. The number of anilines is 1. The Balaban J connectivity index is 1.69. The van der Waals surface area contributed by atoms with E-state index >= 15 is 0 Å². The Kier molecular flexibility index (Phi) is 7.77. The van der Waals surface area contributed by atoms with Crippen LogP contribution in [0.2, 0.25) is 0 Å². The first-order valence-electron chi connectivity index (χ1n) is 9.76. The molecule has 2 N–H and O–H groups in total. The first-order valence-corrected chi connectivity index (χ1v) is 11.3. The molecule has 0 atom stereocenters. The van der Waals surface area contributed by atoms with Crippen molar-refractivity contribution >= 4 is 15.7 Å². The van der Waals surface area contributed by atoms with Gasteiger partial charge in [0.25, 0.3) is 0 Å². The molecule has 0 radical (unpaired) electrons. The lowest BCUT2D eigenvalue weighted by molar-refractivity contribution is 0.296. The molecule has 1 fully saturated rings. The highest BCUT2D eigenvalue weighted by Crippen LogP contribution is 2.33. The predicted molar refractivity (Wildman–Crippen MR) is 109 cm³/mol. The van der Waals surface area contributed by atoms with Gasteiger partial charge < -0.3 is 10.1 Å². The van der Waals surface area contributed by atoms with Crippen LogP contribution in [-0.4, -0.2) is 33.4 Å². The van der Waals surface area contributed by atoms with Gasteiger partial charge in [0, 0.05) is 24.3 Å². The minimum Gasteiger partial charge on any atom is -0.493 e. The third-order valence-corrected chi connectivity index (χ3v) is 6.70. The summed E-state index contributed by atoms with van der Waals surface area (Å²) in [6.07, 6.45) is 5.45. The largest absolute Gasteiger partial charge is 0.493 e.